The standard InChI is InChI=1S/C15H15ClFN3O2/c1-10-7-15(22)20(9-19-10)6-5-18-14(21)8-11-12(16)3-2-4-13(11)17/h2-4,7,9H,5-6,8H2,1H3,(H,18,21). The quantitative estimate of drug-likeness (QED) is 0.911. The van der Waals surface area contributed by atoms with E-state index in [0.29, 0.717) is 12.2 Å². The molecule has 0 saturated heterocycles. The number of carbonyl (C=O) groups is 1. The molecule has 0 fully saturated rings. The van der Waals surface area contributed by atoms with Gasteiger partial charge in [-0.05, 0) is 19.1 Å². The van der Waals surface area contributed by atoms with Crippen LogP contribution in [-0.2, 0) is 17.8 Å². The minimum atomic E-state index is -0.512. The summed E-state index contributed by atoms with van der Waals surface area (Å²) in [4.78, 5) is 27.5. The average molecular weight is 324 g/mol. The van der Waals surface area contributed by atoms with Gasteiger partial charge in [0.1, 0.15) is 5.82 Å². The van der Waals surface area contributed by atoms with Gasteiger partial charge < -0.3 is 5.32 Å². The molecule has 1 amide bonds. The summed E-state index contributed by atoms with van der Waals surface area (Å²) in [6.45, 7) is 2.27. The summed E-state index contributed by atoms with van der Waals surface area (Å²) in [5, 5.41) is 2.84. The van der Waals surface area contributed by atoms with E-state index in [9.17, 15) is 14.0 Å². The molecule has 1 N–H and O–H groups in total. The number of nitrogens with one attached hydrogen (secondary N) is 1. The fourth-order valence-corrected chi connectivity index (χ4v) is 2.15. The first kappa shape index (κ1) is 16.2. The highest BCUT2D eigenvalue weighted by Gasteiger charge is 2.11. The summed E-state index contributed by atoms with van der Waals surface area (Å²) < 4.78 is 15.0. The molecule has 1 heterocycles. The predicted molar refractivity (Wildman–Crippen MR) is 81.4 cm³/mol. The van der Waals surface area contributed by atoms with Gasteiger partial charge >= 0.3 is 0 Å². The molecule has 0 unspecified atom stereocenters. The lowest BCUT2D eigenvalue weighted by Gasteiger charge is -2.09. The summed E-state index contributed by atoms with van der Waals surface area (Å²) in [6, 6.07) is 5.69. The molecule has 0 spiro atoms. The van der Waals surface area contributed by atoms with Crippen LogP contribution in [-0.4, -0.2) is 22.0 Å². The SMILES string of the molecule is Cc1cc(=O)n(CCNC(=O)Cc2c(F)cccc2Cl)cn1. The molecular weight excluding hydrogens is 309 g/mol. The second-order valence-corrected chi connectivity index (χ2v) is 5.20. The summed E-state index contributed by atoms with van der Waals surface area (Å²) in [6.07, 6.45) is 1.28. The van der Waals surface area contributed by atoms with Gasteiger partial charge in [0.25, 0.3) is 5.56 Å². The van der Waals surface area contributed by atoms with E-state index in [4.69, 9.17) is 11.6 Å². The van der Waals surface area contributed by atoms with Crippen LogP contribution in [0.15, 0.2) is 35.4 Å². The molecule has 0 aliphatic carbocycles. The minimum absolute atomic E-state index is 0.146. The molecule has 5 nitrogen and oxygen atoms in total. The molecule has 116 valence electrons. The van der Waals surface area contributed by atoms with Crippen molar-refractivity contribution >= 4 is 17.5 Å². The molecule has 0 aliphatic heterocycles. The molecule has 0 bridgehead atoms. The van der Waals surface area contributed by atoms with E-state index in [1.807, 2.05) is 0 Å². The second kappa shape index (κ2) is 7.17. The minimum Gasteiger partial charge on any atom is -0.354 e. The molecule has 1 aromatic carbocycles. The summed E-state index contributed by atoms with van der Waals surface area (Å²) >= 11 is 5.87. The van der Waals surface area contributed by atoms with Crippen LogP contribution in [0.1, 0.15) is 11.3 Å². The molecule has 2 aromatic rings. The Labute approximate surface area is 131 Å². The third-order valence-corrected chi connectivity index (χ3v) is 3.44. The molecule has 0 radical (unpaired) electrons. The lowest BCUT2D eigenvalue weighted by atomic mass is 10.1. The molecule has 0 saturated carbocycles. The van der Waals surface area contributed by atoms with E-state index in [0.717, 1.165) is 0 Å². The first-order valence-electron chi connectivity index (χ1n) is 6.70. The number of aromatic nitrogens is 2. The first-order chi connectivity index (χ1) is 10.5. The highest BCUT2D eigenvalue weighted by atomic mass is 35.5. The third-order valence-electron chi connectivity index (χ3n) is 3.09. The molecule has 22 heavy (non-hydrogen) atoms. The number of benzene rings is 1. The Balaban J connectivity index is 1.89. The zero-order valence-electron chi connectivity index (χ0n) is 12.0. The van der Waals surface area contributed by atoms with Crippen LogP contribution < -0.4 is 10.9 Å². The van der Waals surface area contributed by atoms with Crippen molar-refractivity contribution in [2.45, 2.75) is 19.9 Å². The number of amides is 1. The normalized spacial score (nSPS) is 10.5. The van der Waals surface area contributed by atoms with Crippen molar-refractivity contribution in [1.82, 2.24) is 14.9 Å². The van der Waals surface area contributed by atoms with Gasteiger partial charge in [0.05, 0.1) is 12.7 Å². The topological polar surface area (TPSA) is 64.0 Å². The van der Waals surface area contributed by atoms with Gasteiger partial charge in [0.15, 0.2) is 0 Å². The van der Waals surface area contributed by atoms with Gasteiger partial charge in [0.2, 0.25) is 5.91 Å². The maximum absolute atomic E-state index is 13.6. The van der Waals surface area contributed by atoms with Gasteiger partial charge in [-0.2, -0.15) is 0 Å². The van der Waals surface area contributed by atoms with E-state index in [1.54, 1.807) is 6.92 Å². The highest BCUT2D eigenvalue weighted by Crippen LogP contribution is 2.19. The summed E-state index contributed by atoms with van der Waals surface area (Å²) in [5.41, 5.74) is 0.620. The van der Waals surface area contributed by atoms with Crippen molar-refractivity contribution < 1.29 is 9.18 Å². The molecule has 0 aliphatic rings. The lowest BCUT2D eigenvalue weighted by molar-refractivity contribution is -0.120. The molecular formula is C15H15ClFN3O2. The average Bonchev–Trinajstić information content (AvgIpc) is 2.45. The molecule has 2 rings (SSSR count). The van der Waals surface area contributed by atoms with Crippen LogP contribution in [0, 0.1) is 12.7 Å². The Kier molecular flexibility index (Phi) is 5.27. The largest absolute Gasteiger partial charge is 0.354 e. The number of hydrogen-bond donors (Lipinski definition) is 1. The van der Waals surface area contributed by atoms with Crippen molar-refractivity contribution in [3.05, 3.63) is 63.0 Å². The van der Waals surface area contributed by atoms with Crippen LogP contribution in [0.25, 0.3) is 0 Å². The van der Waals surface area contributed by atoms with Gasteiger partial charge in [-0.3, -0.25) is 14.2 Å². The van der Waals surface area contributed by atoms with E-state index in [-0.39, 0.29) is 35.0 Å². The van der Waals surface area contributed by atoms with E-state index < -0.39 is 5.82 Å². The summed E-state index contributed by atoms with van der Waals surface area (Å²) in [7, 11) is 0. The Morgan fingerprint density at radius 1 is 1.45 bits per heavy atom. The number of halogens is 2. The molecule has 7 heteroatoms. The van der Waals surface area contributed by atoms with Crippen LogP contribution in [0.2, 0.25) is 5.02 Å². The van der Waals surface area contributed by atoms with Crippen LogP contribution >= 0.6 is 11.6 Å². The van der Waals surface area contributed by atoms with Crippen molar-refractivity contribution in [2.24, 2.45) is 0 Å². The van der Waals surface area contributed by atoms with Gasteiger partial charge in [-0.25, -0.2) is 9.37 Å². The van der Waals surface area contributed by atoms with Crippen molar-refractivity contribution in [1.29, 1.82) is 0 Å². The van der Waals surface area contributed by atoms with Crippen LogP contribution in [0.3, 0.4) is 0 Å². The zero-order chi connectivity index (χ0) is 16.1. The smallest absolute Gasteiger partial charge is 0.253 e. The first-order valence-corrected chi connectivity index (χ1v) is 7.08. The monoisotopic (exact) mass is 323 g/mol. The predicted octanol–water partition coefficient (Wildman–Crippen LogP) is 1.70. The zero-order valence-corrected chi connectivity index (χ0v) is 12.7. The van der Waals surface area contributed by atoms with E-state index in [1.165, 1.54) is 35.2 Å². The maximum Gasteiger partial charge on any atom is 0.253 e. The maximum atomic E-state index is 13.6. The summed E-state index contributed by atoms with van der Waals surface area (Å²) in [5.74, 6) is -0.873. The molecule has 1 aromatic heterocycles. The van der Waals surface area contributed by atoms with Crippen molar-refractivity contribution in [3.8, 4) is 0 Å². The van der Waals surface area contributed by atoms with Gasteiger partial charge in [-0.15, -0.1) is 0 Å². The van der Waals surface area contributed by atoms with Crippen LogP contribution in [0.5, 0.6) is 0 Å². The van der Waals surface area contributed by atoms with Gasteiger partial charge in [0, 0.05) is 35.4 Å². The van der Waals surface area contributed by atoms with Gasteiger partial charge in [-0.1, -0.05) is 17.7 Å². The molecule has 0 atom stereocenters. The number of aryl methyl sites for hydroxylation is 1. The third kappa shape index (κ3) is 4.14. The Bertz CT molecular complexity index is 726. The van der Waals surface area contributed by atoms with Crippen molar-refractivity contribution in [2.75, 3.05) is 6.54 Å². The van der Waals surface area contributed by atoms with Crippen LogP contribution in [0.4, 0.5) is 4.39 Å². The Hall–Kier alpha value is -2.21. The number of carbonyl (C=O) groups excluding carboxylic acids is 1. The fraction of sp³-hybridized carbons (Fsp3) is 0.267. The highest BCUT2D eigenvalue weighted by molar-refractivity contribution is 6.31. The Morgan fingerprint density at radius 2 is 2.23 bits per heavy atom. The van der Waals surface area contributed by atoms with E-state index >= 15 is 0 Å². The Morgan fingerprint density at radius 3 is 2.91 bits per heavy atom. The van der Waals surface area contributed by atoms with E-state index in [2.05, 4.69) is 10.3 Å². The lowest BCUT2D eigenvalue weighted by Crippen LogP contribution is -2.32. The van der Waals surface area contributed by atoms with Crippen molar-refractivity contribution in [3.63, 3.8) is 0 Å². The number of nitrogens with zero attached hydrogens (tertiary/aromatic N) is 2. The second-order valence-electron chi connectivity index (χ2n) is 4.79. The number of hydrogen-bond acceptors (Lipinski definition) is 3. The number of rotatable bonds is 5. The fourth-order valence-electron chi connectivity index (χ4n) is 1.92.